The quantitative estimate of drug-likeness (QED) is 0.146. The molecule has 0 fully saturated rings. The fourth-order valence-electron chi connectivity index (χ4n) is 4.95. The van der Waals surface area contributed by atoms with Crippen molar-refractivity contribution in [2.24, 2.45) is 5.92 Å². The van der Waals surface area contributed by atoms with Crippen LogP contribution in [0.5, 0.6) is 5.75 Å². The van der Waals surface area contributed by atoms with Crippen molar-refractivity contribution in [3.8, 4) is 5.75 Å². The number of amides is 4. The van der Waals surface area contributed by atoms with E-state index < -0.39 is 65.4 Å². The van der Waals surface area contributed by atoms with Crippen LogP contribution in [-0.2, 0) is 32.1 Å². The molecule has 0 saturated heterocycles. The lowest BCUT2D eigenvalue weighted by molar-refractivity contribution is -0.175. The molecule has 0 aromatic heterocycles. The number of benzene rings is 3. The summed E-state index contributed by atoms with van der Waals surface area (Å²) in [6.45, 7) is 7.80. The highest BCUT2D eigenvalue weighted by Gasteiger charge is 2.45. The standard InChI is InChI=1S/C37H41Cl2F3N4O7/c1-20(2)29(31(47)37(40,41)42)45-34(50)30(22-12-14-26(52-6)15-13-22)46-33(49)28(17-21-8-7-9-25(38)16-21)44-32(48)23-10-11-24(27(39)18-23)19-43-35(51)53-36(3,4)5/h7-16,18,20,28-30H,17,19H2,1-6H3,(H,43,51)(H,44,48)(H,45,50)(H,46,49). The van der Waals surface area contributed by atoms with Gasteiger partial charge in [-0.2, -0.15) is 13.2 Å². The van der Waals surface area contributed by atoms with Gasteiger partial charge in [-0.05, 0) is 79.8 Å². The van der Waals surface area contributed by atoms with Crippen molar-refractivity contribution in [1.29, 1.82) is 0 Å². The average molecular weight is 782 g/mol. The molecular weight excluding hydrogens is 740 g/mol. The van der Waals surface area contributed by atoms with Crippen molar-refractivity contribution in [3.63, 3.8) is 0 Å². The molecule has 3 aromatic rings. The number of alkyl halides is 3. The SMILES string of the molecule is COc1ccc(C(NC(=O)C(Cc2cccc(Cl)c2)NC(=O)c2ccc(CNC(=O)OC(C)(C)C)c(Cl)c2)C(=O)NC(C(=O)C(F)(F)F)C(C)C)cc1. The minimum Gasteiger partial charge on any atom is -0.497 e. The number of alkyl carbamates (subject to hydrolysis) is 1. The Labute approximate surface area is 315 Å². The molecule has 0 aliphatic rings. The summed E-state index contributed by atoms with van der Waals surface area (Å²) < 4.78 is 50.7. The van der Waals surface area contributed by atoms with Gasteiger partial charge in [0.1, 0.15) is 23.4 Å². The smallest absolute Gasteiger partial charge is 0.452 e. The van der Waals surface area contributed by atoms with Crippen LogP contribution >= 0.6 is 23.2 Å². The van der Waals surface area contributed by atoms with Crippen LogP contribution in [0.15, 0.2) is 66.7 Å². The largest absolute Gasteiger partial charge is 0.497 e. The summed E-state index contributed by atoms with van der Waals surface area (Å²) in [4.78, 5) is 65.5. The second kappa shape index (κ2) is 18.3. The summed E-state index contributed by atoms with van der Waals surface area (Å²) in [5.74, 6) is -5.44. The normalized spacial score (nSPS) is 13.3. The zero-order chi connectivity index (χ0) is 39.7. The van der Waals surface area contributed by atoms with Gasteiger partial charge in [0, 0.05) is 28.6 Å². The number of rotatable bonds is 14. The van der Waals surface area contributed by atoms with Crippen LogP contribution in [0.1, 0.15) is 67.7 Å². The first-order valence-electron chi connectivity index (χ1n) is 16.3. The van der Waals surface area contributed by atoms with E-state index in [0.29, 0.717) is 21.9 Å². The molecule has 0 bridgehead atoms. The van der Waals surface area contributed by atoms with Gasteiger partial charge in [-0.1, -0.05) is 67.4 Å². The second-order valence-corrected chi connectivity index (χ2v) is 14.2. The molecule has 3 rings (SSSR count). The molecule has 11 nitrogen and oxygen atoms in total. The molecule has 3 atom stereocenters. The highest BCUT2D eigenvalue weighted by molar-refractivity contribution is 6.31. The summed E-state index contributed by atoms with van der Waals surface area (Å²) in [6, 6.07) is 11.6. The molecule has 3 unspecified atom stereocenters. The minimum absolute atomic E-state index is 0.00348. The molecule has 0 aliphatic carbocycles. The Kier molecular flexibility index (Phi) is 14.7. The number of methoxy groups -OCH3 is 1. The lowest BCUT2D eigenvalue weighted by Crippen LogP contribution is -2.55. The lowest BCUT2D eigenvalue weighted by Gasteiger charge is -2.27. The van der Waals surface area contributed by atoms with E-state index in [2.05, 4.69) is 21.3 Å². The molecule has 16 heteroatoms. The van der Waals surface area contributed by atoms with Crippen LogP contribution in [0.3, 0.4) is 0 Å². The van der Waals surface area contributed by atoms with Crippen LogP contribution in [0, 0.1) is 5.92 Å². The van der Waals surface area contributed by atoms with E-state index in [4.69, 9.17) is 32.7 Å². The number of ether oxygens (including phenoxy) is 2. The van der Waals surface area contributed by atoms with Crippen molar-refractivity contribution >= 4 is 52.8 Å². The zero-order valence-corrected chi connectivity index (χ0v) is 31.3. The summed E-state index contributed by atoms with van der Waals surface area (Å²) in [5, 5.41) is 10.4. The molecule has 0 saturated carbocycles. The highest BCUT2D eigenvalue weighted by Crippen LogP contribution is 2.24. The number of carbonyl (C=O) groups is 5. The van der Waals surface area contributed by atoms with Crippen molar-refractivity contribution < 1.29 is 46.6 Å². The number of nitrogens with one attached hydrogen (secondary N) is 4. The number of ketones is 1. The van der Waals surface area contributed by atoms with Crippen LogP contribution in [0.4, 0.5) is 18.0 Å². The van der Waals surface area contributed by atoms with Crippen LogP contribution in [0.2, 0.25) is 10.0 Å². The van der Waals surface area contributed by atoms with Crippen molar-refractivity contribution in [2.75, 3.05) is 7.11 Å². The Balaban J connectivity index is 1.93. The molecule has 0 heterocycles. The summed E-state index contributed by atoms with van der Waals surface area (Å²) in [7, 11) is 1.40. The predicted molar refractivity (Wildman–Crippen MR) is 193 cm³/mol. The third-order valence-corrected chi connectivity index (χ3v) is 8.20. The number of hydrogen-bond donors (Lipinski definition) is 4. The fraction of sp³-hybridized carbons (Fsp3) is 0.378. The van der Waals surface area contributed by atoms with E-state index in [1.54, 1.807) is 45.0 Å². The Hall–Kier alpha value is -4.82. The minimum atomic E-state index is -5.23. The van der Waals surface area contributed by atoms with Gasteiger partial charge in [0.05, 0.1) is 13.2 Å². The van der Waals surface area contributed by atoms with E-state index >= 15 is 0 Å². The Morgan fingerprint density at radius 2 is 1.49 bits per heavy atom. The van der Waals surface area contributed by atoms with Crippen LogP contribution in [-0.4, -0.2) is 60.6 Å². The molecule has 286 valence electrons. The first-order chi connectivity index (χ1) is 24.7. The maximum atomic E-state index is 14.0. The van der Waals surface area contributed by atoms with Crippen LogP contribution in [0.25, 0.3) is 0 Å². The molecular formula is C37H41Cl2F3N4O7. The van der Waals surface area contributed by atoms with E-state index in [9.17, 15) is 37.1 Å². The average Bonchev–Trinajstić information content (AvgIpc) is 3.07. The van der Waals surface area contributed by atoms with Gasteiger partial charge in [0.15, 0.2) is 0 Å². The van der Waals surface area contributed by atoms with Crippen molar-refractivity contribution in [2.45, 2.75) is 77.5 Å². The van der Waals surface area contributed by atoms with Gasteiger partial charge in [0.25, 0.3) is 11.7 Å². The lowest BCUT2D eigenvalue weighted by atomic mass is 9.97. The summed E-state index contributed by atoms with van der Waals surface area (Å²) in [6.07, 6.45) is -6.02. The maximum Gasteiger partial charge on any atom is 0.452 e. The first-order valence-corrected chi connectivity index (χ1v) is 17.1. The fourth-order valence-corrected chi connectivity index (χ4v) is 5.41. The second-order valence-electron chi connectivity index (χ2n) is 13.3. The first kappa shape index (κ1) is 42.6. The van der Waals surface area contributed by atoms with E-state index in [-0.39, 0.29) is 29.1 Å². The summed E-state index contributed by atoms with van der Waals surface area (Å²) in [5.41, 5.74) is 0.480. The van der Waals surface area contributed by atoms with Crippen molar-refractivity contribution in [1.82, 2.24) is 21.3 Å². The van der Waals surface area contributed by atoms with E-state index in [1.807, 2.05) is 0 Å². The topological polar surface area (TPSA) is 152 Å². The molecule has 4 N–H and O–H groups in total. The van der Waals surface area contributed by atoms with Gasteiger partial charge in [-0.25, -0.2) is 4.79 Å². The third-order valence-electron chi connectivity index (χ3n) is 7.61. The van der Waals surface area contributed by atoms with Gasteiger partial charge in [0.2, 0.25) is 11.8 Å². The molecule has 3 aromatic carbocycles. The van der Waals surface area contributed by atoms with Crippen LogP contribution < -0.4 is 26.0 Å². The summed E-state index contributed by atoms with van der Waals surface area (Å²) >= 11 is 12.6. The number of hydrogen-bond acceptors (Lipinski definition) is 7. The van der Waals surface area contributed by atoms with Crippen molar-refractivity contribution in [3.05, 3.63) is 99.0 Å². The molecule has 0 aliphatic heterocycles. The molecule has 4 amide bonds. The Bertz CT molecular complexity index is 1800. The van der Waals surface area contributed by atoms with E-state index in [0.717, 1.165) is 0 Å². The predicted octanol–water partition coefficient (Wildman–Crippen LogP) is 6.50. The van der Waals surface area contributed by atoms with Gasteiger partial charge in [-0.15, -0.1) is 0 Å². The van der Waals surface area contributed by atoms with E-state index in [1.165, 1.54) is 63.4 Å². The maximum absolute atomic E-state index is 14.0. The molecule has 53 heavy (non-hydrogen) atoms. The number of Topliss-reactive ketones (excluding diaryl/α,β-unsaturated/α-hetero) is 1. The Morgan fingerprint density at radius 3 is 2.04 bits per heavy atom. The molecule has 0 radical (unpaired) electrons. The Morgan fingerprint density at radius 1 is 0.830 bits per heavy atom. The number of carbonyl (C=O) groups excluding carboxylic acids is 5. The van der Waals surface area contributed by atoms with Gasteiger partial charge in [-0.3, -0.25) is 19.2 Å². The van der Waals surface area contributed by atoms with Gasteiger partial charge >= 0.3 is 12.3 Å². The van der Waals surface area contributed by atoms with Gasteiger partial charge < -0.3 is 30.7 Å². The zero-order valence-electron chi connectivity index (χ0n) is 29.8. The molecule has 0 spiro atoms. The third kappa shape index (κ3) is 13.0. The number of halogens is 5. The highest BCUT2D eigenvalue weighted by atomic mass is 35.5. The monoisotopic (exact) mass is 780 g/mol.